The van der Waals surface area contributed by atoms with Gasteiger partial charge in [0.1, 0.15) is 17.7 Å². The molecule has 0 heterocycles. The van der Waals surface area contributed by atoms with E-state index in [0.717, 1.165) is 61.6 Å². The first kappa shape index (κ1) is 27.0. The molecular weight excluding hydrogens is 442 g/mol. The number of nitrogens with zero attached hydrogens (tertiary/aromatic N) is 1. The molecule has 2 aliphatic carbocycles. The summed E-state index contributed by atoms with van der Waals surface area (Å²) >= 11 is 0. The second kappa shape index (κ2) is 11.4. The Labute approximate surface area is 210 Å². The van der Waals surface area contributed by atoms with E-state index in [-0.39, 0.29) is 23.9 Å². The van der Waals surface area contributed by atoms with E-state index >= 15 is 0 Å². The van der Waals surface area contributed by atoms with E-state index in [0.29, 0.717) is 0 Å². The minimum Gasteiger partial charge on any atom is -0.444 e. The van der Waals surface area contributed by atoms with Crippen LogP contribution in [0, 0.1) is 13.8 Å². The van der Waals surface area contributed by atoms with Crippen LogP contribution in [0.4, 0.5) is 4.79 Å². The van der Waals surface area contributed by atoms with Gasteiger partial charge in [-0.3, -0.25) is 9.59 Å². The molecule has 0 saturated heterocycles. The Balaban J connectivity index is 1.90. The molecule has 2 fully saturated rings. The van der Waals surface area contributed by atoms with Gasteiger partial charge in [-0.2, -0.15) is 0 Å². The van der Waals surface area contributed by atoms with Crippen LogP contribution in [-0.2, 0) is 14.3 Å². The molecule has 2 N–H and O–H groups in total. The van der Waals surface area contributed by atoms with Crippen molar-refractivity contribution in [1.82, 2.24) is 15.5 Å². The highest BCUT2D eigenvalue weighted by molar-refractivity contribution is 5.92. The molecule has 194 valence electrons. The zero-order chi connectivity index (χ0) is 25.8. The fraction of sp³-hybridized carbons (Fsp3) is 0.679. The number of hydrogen-bond donors (Lipinski definition) is 2. The van der Waals surface area contributed by atoms with E-state index in [1.54, 1.807) is 32.6 Å². The van der Waals surface area contributed by atoms with Gasteiger partial charge >= 0.3 is 6.09 Å². The normalized spacial score (nSPS) is 18.7. The average Bonchev–Trinajstić information content (AvgIpc) is 2.73. The molecule has 0 aliphatic heterocycles. The number of carbonyl (C=O) groups excluding carboxylic acids is 3. The van der Waals surface area contributed by atoms with Gasteiger partial charge in [-0.1, -0.05) is 37.5 Å². The summed E-state index contributed by atoms with van der Waals surface area (Å²) in [7, 11) is 0. The Kier molecular flexibility index (Phi) is 8.84. The van der Waals surface area contributed by atoms with E-state index < -0.39 is 23.8 Å². The molecule has 2 saturated carbocycles. The molecule has 2 atom stereocenters. The monoisotopic (exact) mass is 485 g/mol. The smallest absolute Gasteiger partial charge is 0.408 e. The molecule has 7 heteroatoms. The maximum Gasteiger partial charge on any atom is 0.408 e. The third kappa shape index (κ3) is 7.21. The van der Waals surface area contributed by atoms with Crippen molar-refractivity contribution >= 4 is 17.9 Å². The lowest BCUT2D eigenvalue weighted by atomic mass is 9.87. The van der Waals surface area contributed by atoms with Crippen molar-refractivity contribution in [2.75, 3.05) is 0 Å². The Morgan fingerprint density at radius 1 is 0.971 bits per heavy atom. The van der Waals surface area contributed by atoms with Crippen LogP contribution >= 0.6 is 0 Å². The molecule has 0 aromatic heterocycles. The summed E-state index contributed by atoms with van der Waals surface area (Å²) in [6, 6.07) is 4.54. The number of benzene rings is 1. The molecular formula is C28H43N3O4. The van der Waals surface area contributed by atoms with Crippen molar-refractivity contribution in [2.24, 2.45) is 0 Å². The first-order valence-corrected chi connectivity index (χ1v) is 13.2. The number of aryl methyl sites for hydroxylation is 2. The van der Waals surface area contributed by atoms with Gasteiger partial charge < -0.3 is 20.3 Å². The standard InChI is InChI=1S/C28H43N3O4/c1-18-15-16-21(17-19(18)2)24(25(32)30-22-11-8-7-9-12-22)31(23-13-10-14-23)26(33)20(3)29-27(34)35-28(4,5)6/h15-17,20,22-24H,7-14H2,1-6H3,(H,29,34)(H,30,32). The first-order chi connectivity index (χ1) is 16.5. The predicted octanol–water partition coefficient (Wildman–Crippen LogP) is 5.09. The maximum atomic E-state index is 13.8. The third-order valence-electron chi connectivity index (χ3n) is 7.15. The topological polar surface area (TPSA) is 87.7 Å². The van der Waals surface area contributed by atoms with Crippen LogP contribution in [0.2, 0.25) is 0 Å². The quantitative estimate of drug-likeness (QED) is 0.563. The number of hydrogen-bond acceptors (Lipinski definition) is 4. The van der Waals surface area contributed by atoms with E-state index in [9.17, 15) is 14.4 Å². The van der Waals surface area contributed by atoms with Crippen molar-refractivity contribution in [3.8, 4) is 0 Å². The molecule has 0 bridgehead atoms. The fourth-order valence-electron chi connectivity index (χ4n) is 4.85. The minimum absolute atomic E-state index is 0.0332. The van der Waals surface area contributed by atoms with Gasteiger partial charge in [0.2, 0.25) is 11.8 Å². The van der Waals surface area contributed by atoms with Crippen LogP contribution in [0.15, 0.2) is 18.2 Å². The number of carbonyl (C=O) groups is 3. The summed E-state index contributed by atoms with van der Waals surface area (Å²) in [5.41, 5.74) is 2.37. The Morgan fingerprint density at radius 2 is 1.63 bits per heavy atom. The van der Waals surface area contributed by atoms with Crippen LogP contribution in [0.3, 0.4) is 0 Å². The largest absolute Gasteiger partial charge is 0.444 e. The average molecular weight is 486 g/mol. The molecule has 3 amide bonds. The van der Waals surface area contributed by atoms with Gasteiger partial charge in [0.25, 0.3) is 0 Å². The first-order valence-electron chi connectivity index (χ1n) is 13.2. The molecule has 7 nitrogen and oxygen atoms in total. The lowest BCUT2D eigenvalue weighted by Crippen LogP contribution is -2.57. The second-order valence-corrected chi connectivity index (χ2v) is 11.3. The highest BCUT2D eigenvalue weighted by Crippen LogP contribution is 2.34. The lowest BCUT2D eigenvalue weighted by Gasteiger charge is -2.43. The highest BCUT2D eigenvalue weighted by Gasteiger charge is 2.41. The summed E-state index contributed by atoms with van der Waals surface area (Å²) < 4.78 is 5.36. The highest BCUT2D eigenvalue weighted by atomic mass is 16.6. The van der Waals surface area contributed by atoms with E-state index in [1.165, 1.54) is 6.42 Å². The molecule has 0 spiro atoms. The van der Waals surface area contributed by atoms with Crippen LogP contribution in [0.25, 0.3) is 0 Å². The minimum atomic E-state index is -0.818. The molecule has 1 aromatic carbocycles. The van der Waals surface area contributed by atoms with Gasteiger partial charge in [0.15, 0.2) is 0 Å². The van der Waals surface area contributed by atoms with E-state index in [1.807, 2.05) is 32.0 Å². The second-order valence-electron chi connectivity index (χ2n) is 11.3. The van der Waals surface area contributed by atoms with Crippen LogP contribution in [0.5, 0.6) is 0 Å². The van der Waals surface area contributed by atoms with Gasteiger partial charge in [-0.05, 0) is 90.3 Å². The molecule has 3 rings (SSSR count). The maximum absolute atomic E-state index is 13.8. The molecule has 2 aliphatic rings. The Hall–Kier alpha value is -2.57. The Bertz CT molecular complexity index is 913. The summed E-state index contributed by atoms with van der Waals surface area (Å²) in [6.07, 6.45) is 7.45. The number of rotatable bonds is 7. The van der Waals surface area contributed by atoms with Gasteiger partial charge in [-0.15, -0.1) is 0 Å². The van der Waals surface area contributed by atoms with E-state index in [2.05, 4.69) is 10.6 Å². The fourth-order valence-corrected chi connectivity index (χ4v) is 4.85. The van der Waals surface area contributed by atoms with Gasteiger partial charge in [0, 0.05) is 12.1 Å². The third-order valence-corrected chi connectivity index (χ3v) is 7.15. The molecule has 35 heavy (non-hydrogen) atoms. The Morgan fingerprint density at radius 3 is 2.17 bits per heavy atom. The van der Waals surface area contributed by atoms with Crippen molar-refractivity contribution < 1.29 is 19.1 Å². The predicted molar refractivity (Wildman–Crippen MR) is 137 cm³/mol. The summed E-state index contributed by atoms with van der Waals surface area (Å²) in [5.74, 6) is -0.396. The van der Waals surface area contributed by atoms with Gasteiger partial charge in [-0.25, -0.2) is 4.79 Å². The molecule has 1 aromatic rings. The van der Waals surface area contributed by atoms with Gasteiger partial charge in [0.05, 0.1) is 0 Å². The summed E-state index contributed by atoms with van der Waals surface area (Å²) in [4.78, 5) is 41.7. The lowest BCUT2D eigenvalue weighted by molar-refractivity contribution is -0.147. The molecule has 2 unspecified atom stereocenters. The zero-order valence-electron chi connectivity index (χ0n) is 22.3. The number of nitrogens with one attached hydrogen (secondary N) is 2. The summed E-state index contributed by atoms with van der Waals surface area (Å²) in [6.45, 7) is 11.1. The SMILES string of the molecule is Cc1ccc(C(C(=O)NC2CCCCC2)N(C(=O)C(C)NC(=O)OC(C)(C)C)C2CCC2)cc1C. The van der Waals surface area contributed by atoms with Crippen molar-refractivity contribution in [3.05, 3.63) is 34.9 Å². The van der Waals surface area contributed by atoms with Crippen molar-refractivity contribution in [2.45, 2.75) is 123 Å². The van der Waals surface area contributed by atoms with Crippen molar-refractivity contribution in [1.29, 1.82) is 0 Å². The summed E-state index contributed by atoms with van der Waals surface area (Å²) in [5, 5.41) is 5.94. The number of ether oxygens (including phenoxy) is 1. The van der Waals surface area contributed by atoms with Crippen LogP contribution in [0.1, 0.15) is 102 Å². The van der Waals surface area contributed by atoms with Crippen LogP contribution < -0.4 is 10.6 Å². The molecule has 0 radical (unpaired) electrons. The number of alkyl carbamates (subject to hydrolysis) is 1. The zero-order valence-corrected chi connectivity index (χ0v) is 22.3. The number of amides is 3. The van der Waals surface area contributed by atoms with Crippen LogP contribution in [-0.4, -0.2) is 46.5 Å². The van der Waals surface area contributed by atoms with Crippen molar-refractivity contribution in [3.63, 3.8) is 0 Å². The van der Waals surface area contributed by atoms with E-state index in [4.69, 9.17) is 4.74 Å².